The molecule has 126 valence electrons. The molecular weight excluding hydrogens is 309 g/mol. The first-order valence-corrected chi connectivity index (χ1v) is 8.69. The average molecular weight is 331 g/mol. The molecule has 0 bridgehead atoms. The summed E-state index contributed by atoms with van der Waals surface area (Å²) in [5.74, 6) is 2.70. The molecule has 0 radical (unpaired) electrons. The maximum absolute atomic E-state index is 14.7. The normalized spacial score (nSPS) is 17.6. The third-order valence-electron chi connectivity index (χ3n) is 4.61. The Bertz CT molecular complexity index is 923. The van der Waals surface area contributed by atoms with Gasteiger partial charge in [-0.1, -0.05) is 44.1 Å². The van der Waals surface area contributed by atoms with Crippen LogP contribution < -0.4 is 0 Å². The molecule has 0 unspecified atom stereocenters. The van der Waals surface area contributed by atoms with Crippen LogP contribution in [0.15, 0.2) is 59.8 Å². The molecule has 1 nitrogen and oxygen atoms in total. The van der Waals surface area contributed by atoms with E-state index in [9.17, 15) is 4.39 Å². The lowest BCUT2D eigenvalue weighted by molar-refractivity contribution is 0.634. The summed E-state index contributed by atoms with van der Waals surface area (Å²) in [6, 6.07) is 5.58. The van der Waals surface area contributed by atoms with E-state index in [1.807, 2.05) is 6.07 Å². The van der Waals surface area contributed by atoms with E-state index in [1.54, 1.807) is 18.3 Å². The van der Waals surface area contributed by atoms with Crippen molar-refractivity contribution >= 4 is 10.8 Å². The van der Waals surface area contributed by atoms with Gasteiger partial charge >= 0.3 is 0 Å². The molecule has 0 spiro atoms. The topological polar surface area (TPSA) is 12.9 Å². The molecular formula is C23H22FN. The predicted octanol–water partition coefficient (Wildman–Crippen LogP) is 5.88. The molecule has 0 atom stereocenters. The quantitative estimate of drug-likeness (QED) is 0.640. The first-order chi connectivity index (χ1) is 12.1. The molecule has 1 aromatic heterocycles. The van der Waals surface area contributed by atoms with Crippen molar-refractivity contribution in [2.75, 3.05) is 0 Å². The highest BCUT2D eigenvalue weighted by atomic mass is 19.1. The van der Waals surface area contributed by atoms with Gasteiger partial charge in [0.2, 0.25) is 0 Å². The molecule has 0 amide bonds. The molecule has 0 saturated carbocycles. The lowest BCUT2D eigenvalue weighted by Gasteiger charge is -2.13. The first kappa shape index (κ1) is 17.2. The van der Waals surface area contributed by atoms with Gasteiger partial charge in [-0.2, -0.15) is 0 Å². The van der Waals surface area contributed by atoms with E-state index in [0.717, 1.165) is 35.1 Å². The second kappa shape index (κ2) is 7.49. The molecule has 2 heteroatoms. The number of benzene rings is 1. The summed E-state index contributed by atoms with van der Waals surface area (Å²) in [5.41, 5.74) is 4.06. The summed E-state index contributed by atoms with van der Waals surface area (Å²) in [6.45, 7) is 4.14. The highest BCUT2D eigenvalue weighted by Gasteiger charge is 2.12. The minimum absolute atomic E-state index is 0.189. The van der Waals surface area contributed by atoms with Crippen molar-refractivity contribution in [3.05, 3.63) is 76.9 Å². The number of halogens is 1. The maximum atomic E-state index is 14.7. The molecule has 3 rings (SSSR count). The number of rotatable bonds is 3. The fourth-order valence-corrected chi connectivity index (χ4v) is 3.22. The molecule has 1 heterocycles. The van der Waals surface area contributed by atoms with Crippen LogP contribution in [0.2, 0.25) is 0 Å². The van der Waals surface area contributed by atoms with E-state index in [2.05, 4.69) is 49.0 Å². The number of pyridine rings is 1. The van der Waals surface area contributed by atoms with Crippen LogP contribution in [-0.4, -0.2) is 4.98 Å². The van der Waals surface area contributed by atoms with Gasteiger partial charge in [0.25, 0.3) is 0 Å². The van der Waals surface area contributed by atoms with Gasteiger partial charge in [0, 0.05) is 18.0 Å². The maximum Gasteiger partial charge on any atom is 0.133 e. The zero-order valence-electron chi connectivity index (χ0n) is 14.7. The Balaban J connectivity index is 2.00. The average Bonchev–Trinajstić information content (AvgIpc) is 2.61. The summed E-state index contributed by atoms with van der Waals surface area (Å²) in [7, 11) is 0. The Morgan fingerprint density at radius 3 is 2.96 bits per heavy atom. The molecule has 0 N–H and O–H groups in total. The molecule has 25 heavy (non-hydrogen) atoms. The lowest BCUT2D eigenvalue weighted by atomic mass is 9.93. The molecule has 0 saturated heterocycles. The molecule has 2 aromatic rings. The summed E-state index contributed by atoms with van der Waals surface area (Å²) in [4.78, 5) is 4.44. The molecule has 0 fully saturated rings. The van der Waals surface area contributed by atoms with E-state index in [4.69, 9.17) is 6.42 Å². The number of hydrogen-bond donors (Lipinski definition) is 0. The number of fused-ring (bicyclic) bond motifs is 1. The second-order valence-corrected chi connectivity index (χ2v) is 6.65. The van der Waals surface area contributed by atoms with E-state index in [0.29, 0.717) is 17.7 Å². The van der Waals surface area contributed by atoms with E-state index < -0.39 is 0 Å². The number of nitrogens with zero attached hydrogens (tertiary/aromatic N) is 1. The summed E-state index contributed by atoms with van der Waals surface area (Å²) in [6.07, 6.45) is 17.8. The number of allylic oxidation sites excluding steroid dienone is 6. The fraction of sp³-hybridized carbons (Fsp3) is 0.261. The van der Waals surface area contributed by atoms with Crippen molar-refractivity contribution in [2.45, 2.75) is 39.0 Å². The zero-order chi connectivity index (χ0) is 17.8. The third kappa shape index (κ3) is 3.72. The Hall–Kier alpha value is -2.66. The van der Waals surface area contributed by atoms with Crippen molar-refractivity contribution in [3.8, 4) is 12.3 Å². The van der Waals surface area contributed by atoms with Crippen LogP contribution in [-0.2, 0) is 6.42 Å². The van der Waals surface area contributed by atoms with E-state index in [-0.39, 0.29) is 5.82 Å². The molecule has 1 aromatic carbocycles. The summed E-state index contributed by atoms with van der Waals surface area (Å²) < 4.78 is 14.7. The largest absolute Gasteiger partial charge is 0.260 e. The Morgan fingerprint density at radius 1 is 1.36 bits per heavy atom. The SMILES string of the molecule is C#C/C=C1/C=CCC/C1=C/Cc1nccc2cc(C(C)C)cc(F)c12. The van der Waals surface area contributed by atoms with E-state index in [1.165, 1.54) is 5.57 Å². The minimum Gasteiger partial charge on any atom is -0.260 e. The number of aromatic nitrogens is 1. The van der Waals surface area contributed by atoms with Crippen molar-refractivity contribution in [3.63, 3.8) is 0 Å². The highest BCUT2D eigenvalue weighted by molar-refractivity contribution is 5.86. The fourth-order valence-electron chi connectivity index (χ4n) is 3.22. The summed E-state index contributed by atoms with van der Waals surface area (Å²) >= 11 is 0. The Morgan fingerprint density at radius 2 is 2.20 bits per heavy atom. The van der Waals surface area contributed by atoms with Gasteiger partial charge in [0.15, 0.2) is 0 Å². The smallest absolute Gasteiger partial charge is 0.133 e. The monoisotopic (exact) mass is 331 g/mol. The third-order valence-corrected chi connectivity index (χ3v) is 4.61. The highest BCUT2D eigenvalue weighted by Crippen LogP contribution is 2.28. The standard InChI is InChI=1S/C23H22FN/c1-4-7-17-8-5-6-9-18(17)10-11-22-23-19(12-13-25-22)14-20(16(2)3)15-21(23)24/h1,5,7-8,10,12-16H,6,9,11H2,2-3H3/b17-7-,18-10-. The van der Waals surface area contributed by atoms with Crippen LogP contribution in [0.5, 0.6) is 0 Å². The lowest BCUT2D eigenvalue weighted by Crippen LogP contribution is -1.98. The Labute approximate surface area is 149 Å². The van der Waals surface area contributed by atoms with Gasteiger partial charge in [-0.3, -0.25) is 4.98 Å². The molecule has 0 aliphatic heterocycles. The van der Waals surface area contributed by atoms with Gasteiger partial charge in [-0.15, -0.1) is 6.42 Å². The van der Waals surface area contributed by atoms with Crippen molar-refractivity contribution in [1.29, 1.82) is 0 Å². The summed E-state index contributed by atoms with van der Waals surface area (Å²) in [5, 5.41) is 1.53. The van der Waals surface area contributed by atoms with Crippen LogP contribution in [0.4, 0.5) is 4.39 Å². The van der Waals surface area contributed by atoms with Gasteiger partial charge in [0.05, 0.1) is 5.69 Å². The van der Waals surface area contributed by atoms with Crippen LogP contribution >= 0.6 is 0 Å². The van der Waals surface area contributed by atoms with Gasteiger partial charge in [-0.25, -0.2) is 4.39 Å². The van der Waals surface area contributed by atoms with Crippen LogP contribution in [0.25, 0.3) is 10.8 Å². The van der Waals surface area contributed by atoms with Crippen molar-refractivity contribution in [2.24, 2.45) is 0 Å². The van der Waals surface area contributed by atoms with Crippen molar-refractivity contribution in [1.82, 2.24) is 4.98 Å². The van der Waals surface area contributed by atoms with Gasteiger partial charge < -0.3 is 0 Å². The zero-order valence-corrected chi connectivity index (χ0v) is 14.7. The predicted molar refractivity (Wildman–Crippen MR) is 103 cm³/mol. The van der Waals surface area contributed by atoms with Crippen LogP contribution in [0.3, 0.4) is 0 Å². The minimum atomic E-state index is -0.189. The van der Waals surface area contributed by atoms with Crippen LogP contribution in [0.1, 0.15) is 43.9 Å². The number of hydrogen-bond acceptors (Lipinski definition) is 1. The van der Waals surface area contributed by atoms with Crippen molar-refractivity contribution < 1.29 is 4.39 Å². The molecule has 1 aliphatic rings. The van der Waals surface area contributed by atoms with Crippen LogP contribution in [0, 0.1) is 18.2 Å². The van der Waals surface area contributed by atoms with Gasteiger partial charge in [0.1, 0.15) is 5.82 Å². The number of terminal acetylenes is 1. The van der Waals surface area contributed by atoms with E-state index >= 15 is 0 Å². The Kier molecular flexibility index (Phi) is 5.14. The molecule has 1 aliphatic carbocycles. The first-order valence-electron chi connectivity index (χ1n) is 8.69. The van der Waals surface area contributed by atoms with Gasteiger partial charge in [-0.05, 0) is 59.1 Å². The second-order valence-electron chi connectivity index (χ2n) is 6.65.